The second-order valence-electron chi connectivity index (χ2n) is 5.30. The van der Waals surface area contributed by atoms with Crippen LogP contribution in [0.1, 0.15) is 16.1 Å². The smallest absolute Gasteiger partial charge is 0.253 e. The van der Waals surface area contributed by atoms with Crippen molar-refractivity contribution in [1.29, 1.82) is 0 Å². The lowest BCUT2D eigenvalue weighted by atomic mass is 10.2. The number of nitrogens with one attached hydrogen (secondary N) is 1. The van der Waals surface area contributed by atoms with Crippen LogP contribution in [0.25, 0.3) is 0 Å². The van der Waals surface area contributed by atoms with Crippen molar-refractivity contribution in [2.45, 2.75) is 6.92 Å². The molecule has 1 aromatic heterocycles. The summed E-state index contributed by atoms with van der Waals surface area (Å²) in [6.07, 6.45) is 1.57. The first-order chi connectivity index (χ1) is 9.56. The van der Waals surface area contributed by atoms with Crippen LogP contribution in [0.4, 0.5) is 5.69 Å². The van der Waals surface area contributed by atoms with Crippen LogP contribution in [-0.2, 0) is 0 Å². The molecule has 3 N–H and O–H groups in total. The van der Waals surface area contributed by atoms with Crippen LogP contribution in [0, 0.1) is 6.92 Å². The quantitative estimate of drug-likeness (QED) is 0.807. The monoisotopic (exact) mass is 277 g/mol. The molecule has 0 atom stereocenters. The van der Waals surface area contributed by atoms with E-state index >= 15 is 0 Å². The molecular formula is C14H23N5O. The van der Waals surface area contributed by atoms with E-state index in [4.69, 9.17) is 5.73 Å². The SMILES string of the molecule is Cc1ncc(N)cc1C(=O)NCCN1CCN(C)CC1. The highest BCUT2D eigenvalue weighted by atomic mass is 16.1. The average molecular weight is 277 g/mol. The summed E-state index contributed by atoms with van der Waals surface area (Å²) < 4.78 is 0. The van der Waals surface area contributed by atoms with Crippen LogP contribution in [-0.4, -0.2) is 67.0 Å². The van der Waals surface area contributed by atoms with Gasteiger partial charge in [0.2, 0.25) is 0 Å². The van der Waals surface area contributed by atoms with Gasteiger partial charge in [-0.3, -0.25) is 14.7 Å². The number of aryl methyl sites for hydroxylation is 1. The molecule has 1 saturated heterocycles. The fraction of sp³-hybridized carbons (Fsp3) is 0.571. The van der Waals surface area contributed by atoms with Crippen LogP contribution >= 0.6 is 0 Å². The van der Waals surface area contributed by atoms with Crippen molar-refractivity contribution in [2.24, 2.45) is 0 Å². The number of pyridine rings is 1. The van der Waals surface area contributed by atoms with E-state index in [9.17, 15) is 4.79 Å². The van der Waals surface area contributed by atoms with E-state index in [2.05, 4.69) is 27.1 Å². The average Bonchev–Trinajstić information content (AvgIpc) is 2.43. The molecule has 0 saturated carbocycles. The molecule has 6 nitrogen and oxygen atoms in total. The maximum atomic E-state index is 12.1. The Hall–Kier alpha value is -1.66. The third-order valence-corrected chi connectivity index (χ3v) is 3.66. The lowest BCUT2D eigenvalue weighted by Crippen LogP contribution is -2.46. The van der Waals surface area contributed by atoms with Gasteiger partial charge in [-0.15, -0.1) is 0 Å². The molecule has 1 aliphatic rings. The molecule has 1 aliphatic heterocycles. The third kappa shape index (κ3) is 3.91. The molecule has 0 aliphatic carbocycles. The Bertz CT molecular complexity index is 469. The number of carbonyl (C=O) groups excluding carboxylic acids is 1. The van der Waals surface area contributed by atoms with Crippen LogP contribution in [0.2, 0.25) is 0 Å². The second-order valence-corrected chi connectivity index (χ2v) is 5.30. The van der Waals surface area contributed by atoms with Gasteiger partial charge in [-0.2, -0.15) is 0 Å². The predicted molar refractivity (Wildman–Crippen MR) is 79.7 cm³/mol. The molecule has 0 spiro atoms. The normalized spacial score (nSPS) is 17.1. The maximum absolute atomic E-state index is 12.1. The number of anilines is 1. The molecule has 0 bridgehead atoms. The first-order valence-corrected chi connectivity index (χ1v) is 6.97. The van der Waals surface area contributed by atoms with Crippen LogP contribution in [0.5, 0.6) is 0 Å². The number of hydrogen-bond acceptors (Lipinski definition) is 5. The van der Waals surface area contributed by atoms with E-state index in [0.29, 0.717) is 23.5 Å². The second kappa shape index (κ2) is 6.67. The Kier molecular flexibility index (Phi) is 4.92. The number of likely N-dealkylation sites (N-methyl/N-ethyl adjacent to an activating group) is 1. The highest BCUT2D eigenvalue weighted by molar-refractivity contribution is 5.95. The standard InChI is InChI=1S/C14H23N5O/c1-11-13(9-12(15)10-17-11)14(20)16-3-4-19-7-5-18(2)6-8-19/h9-10H,3-8,15H2,1-2H3,(H,16,20). The van der Waals surface area contributed by atoms with E-state index in [-0.39, 0.29) is 5.91 Å². The van der Waals surface area contributed by atoms with Gasteiger partial charge in [-0.05, 0) is 20.0 Å². The maximum Gasteiger partial charge on any atom is 0.253 e. The van der Waals surface area contributed by atoms with Gasteiger partial charge in [0.1, 0.15) is 0 Å². The summed E-state index contributed by atoms with van der Waals surface area (Å²) in [7, 11) is 2.13. The highest BCUT2D eigenvalue weighted by Crippen LogP contribution is 2.09. The summed E-state index contributed by atoms with van der Waals surface area (Å²) in [5.74, 6) is -0.101. The third-order valence-electron chi connectivity index (χ3n) is 3.66. The lowest BCUT2D eigenvalue weighted by molar-refractivity contribution is 0.0940. The van der Waals surface area contributed by atoms with E-state index in [1.165, 1.54) is 0 Å². The molecule has 1 amide bonds. The summed E-state index contributed by atoms with van der Waals surface area (Å²) in [6.45, 7) is 7.65. The van der Waals surface area contributed by atoms with Gasteiger partial charge in [0.05, 0.1) is 23.1 Å². The largest absolute Gasteiger partial charge is 0.397 e. The van der Waals surface area contributed by atoms with Gasteiger partial charge in [-0.25, -0.2) is 0 Å². The summed E-state index contributed by atoms with van der Waals surface area (Å²) in [5.41, 5.74) is 7.45. The number of carbonyl (C=O) groups is 1. The number of hydrogen-bond donors (Lipinski definition) is 2. The van der Waals surface area contributed by atoms with Gasteiger partial charge < -0.3 is 16.0 Å². The fourth-order valence-corrected chi connectivity index (χ4v) is 2.27. The van der Waals surface area contributed by atoms with Gasteiger partial charge in [0, 0.05) is 39.3 Å². The topological polar surface area (TPSA) is 74.5 Å². The molecule has 2 rings (SSSR count). The molecule has 110 valence electrons. The lowest BCUT2D eigenvalue weighted by Gasteiger charge is -2.32. The minimum atomic E-state index is -0.101. The van der Waals surface area contributed by atoms with Crippen molar-refractivity contribution in [3.63, 3.8) is 0 Å². The molecule has 0 aromatic carbocycles. The Morgan fingerprint density at radius 3 is 2.80 bits per heavy atom. The minimum Gasteiger partial charge on any atom is -0.397 e. The molecule has 0 radical (unpaired) electrons. The van der Waals surface area contributed by atoms with Gasteiger partial charge in [-0.1, -0.05) is 0 Å². The van der Waals surface area contributed by atoms with Crippen LogP contribution < -0.4 is 11.1 Å². The number of aromatic nitrogens is 1. The Balaban J connectivity index is 1.79. The summed E-state index contributed by atoms with van der Waals surface area (Å²) >= 11 is 0. The number of amides is 1. The number of nitrogens with zero attached hydrogens (tertiary/aromatic N) is 3. The van der Waals surface area contributed by atoms with Crippen LogP contribution in [0.15, 0.2) is 12.3 Å². The zero-order valence-electron chi connectivity index (χ0n) is 12.2. The first-order valence-electron chi connectivity index (χ1n) is 6.97. The molecule has 0 unspecified atom stereocenters. The van der Waals surface area contributed by atoms with Crippen molar-refractivity contribution >= 4 is 11.6 Å². The molecular weight excluding hydrogens is 254 g/mol. The Morgan fingerprint density at radius 1 is 1.40 bits per heavy atom. The van der Waals surface area contributed by atoms with Crippen molar-refractivity contribution in [1.82, 2.24) is 20.1 Å². The number of nitrogens with two attached hydrogens (primary N) is 1. The van der Waals surface area contributed by atoms with Crippen molar-refractivity contribution in [2.75, 3.05) is 52.0 Å². The predicted octanol–water partition coefficient (Wildman–Crippen LogP) is -0.0506. The van der Waals surface area contributed by atoms with Crippen molar-refractivity contribution < 1.29 is 4.79 Å². The van der Waals surface area contributed by atoms with Gasteiger partial charge in [0.15, 0.2) is 0 Å². The number of nitrogen functional groups attached to an aromatic ring is 1. The minimum absolute atomic E-state index is 0.101. The fourth-order valence-electron chi connectivity index (χ4n) is 2.27. The molecule has 6 heteroatoms. The zero-order chi connectivity index (χ0) is 14.5. The van der Waals surface area contributed by atoms with Crippen molar-refractivity contribution in [3.8, 4) is 0 Å². The number of piperazine rings is 1. The zero-order valence-corrected chi connectivity index (χ0v) is 12.2. The van der Waals surface area contributed by atoms with Gasteiger partial charge in [0.25, 0.3) is 5.91 Å². The number of rotatable bonds is 4. The van der Waals surface area contributed by atoms with E-state index in [0.717, 1.165) is 32.7 Å². The van der Waals surface area contributed by atoms with E-state index in [1.807, 2.05) is 6.92 Å². The Morgan fingerprint density at radius 2 is 2.10 bits per heavy atom. The van der Waals surface area contributed by atoms with E-state index in [1.54, 1.807) is 12.3 Å². The first kappa shape index (κ1) is 14.7. The molecule has 2 heterocycles. The highest BCUT2D eigenvalue weighted by Gasteiger charge is 2.14. The summed E-state index contributed by atoms with van der Waals surface area (Å²) in [6, 6.07) is 1.67. The summed E-state index contributed by atoms with van der Waals surface area (Å²) in [5, 5.41) is 2.94. The Labute approximate surface area is 120 Å². The molecule has 20 heavy (non-hydrogen) atoms. The van der Waals surface area contributed by atoms with Crippen LogP contribution in [0.3, 0.4) is 0 Å². The molecule has 1 fully saturated rings. The summed E-state index contributed by atoms with van der Waals surface area (Å²) in [4.78, 5) is 20.9. The van der Waals surface area contributed by atoms with Gasteiger partial charge >= 0.3 is 0 Å². The molecule has 1 aromatic rings. The van der Waals surface area contributed by atoms with E-state index < -0.39 is 0 Å². The van der Waals surface area contributed by atoms with Crippen molar-refractivity contribution in [3.05, 3.63) is 23.5 Å².